The smallest absolute Gasteiger partial charge is 0.251 e. The van der Waals surface area contributed by atoms with E-state index in [0.717, 1.165) is 31.2 Å². The summed E-state index contributed by atoms with van der Waals surface area (Å²) in [5.41, 5.74) is 2.40. The zero-order valence-electron chi connectivity index (χ0n) is 11.7. The lowest BCUT2D eigenvalue weighted by Gasteiger charge is -2.13. The van der Waals surface area contributed by atoms with Crippen LogP contribution in [-0.4, -0.2) is 18.2 Å². The third-order valence-electron chi connectivity index (χ3n) is 3.90. The normalized spacial score (nSPS) is 14.8. The van der Waals surface area contributed by atoms with Gasteiger partial charge >= 0.3 is 0 Å². The Morgan fingerprint density at radius 3 is 2.74 bits per heavy atom. The number of fused-ring (bicyclic) bond motifs is 1. The van der Waals surface area contributed by atoms with Crippen LogP contribution in [0.1, 0.15) is 59.4 Å². The number of amides is 1. The van der Waals surface area contributed by atoms with Crippen molar-refractivity contribution in [3.05, 3.63) is 34.9 Å². The van der Waals surface area contributed by atoms with Crippen LogP contribution in [0, 0.1) is 5.92 Å². The molecule has 0 atom stereocenters. The summed E-state index contributed by atoms with van der Waals surface area (Å²) in [6, 6.07) is 5.59. The van der Waals surface area contributed by atoms with Gasteiger partial charge in [-0.3, -0.25) is 9.59 Å². The summed E-state index contributed by atoms with van der Waals surface area (Å²) in [5.74, 6) is 0.170. The fraction of sp³-hybridized carbons (Fsp3) is 0.500. The van der Waals surface area contributed by atoms with E-state index in [2.05, 4.69) is 5.32 Å². The molecule has 3 nitrogen and oxygen atoms in total. The molecule has 1 heterocycles. The van der Waals surface area contributed by atoms with Crippen LogP contribution in [0.3, 0.4) is 0 Å². The highest BCUT2D eigenvalue weighted by molar-refractivity contribution is 6.02. The Morgan fingerprint density at radius 1 is 1.32 bits per heavy atom. The number of nitrogens with one attached hydrogen (secondary N) is 1. The SMILES string of the molecule is CCC(CC)C(=O)c1ccc2c(c1)C(=O)NCCC2. The van der Waals surface area contributed by atoms with E-state index in [0.29, 0.717) is 17.7 Å². The number of Topliss-reactive ketones (excluding diaryl/α,β-unsaturated/α-hetero) is 1. The molecule has 19 heavy (non-hydrogen) atoms. The largest absolute Gasteiger partial charge is 0.352 e. The summed E-state index contributed by atoms with van der Waals surface area (Å²) in [7, 11) is 0. The number of carbonyl (C=O) groups is 2. The van der Waals surface area contributed by atoms with E-state index >= 15 is 0 Å². The average Bonchev–Trinajstić information content (AvgIpc) is 2.62. The van der Waals surface area contributed by atoms with Crippen molar-refractivity contribution < 1.29 is 9.59 Å². The zero-order chi connectivity index (χ0) is 13.8. The van der Waals surface area contributed by atoms with Gasteiger partial charge < -0.3 is 5.32 Å². The Bertz CT molecular complexity index is 490. The van der Waals surface area contributed by atoms with Crippen LogP contribution in [0.2, 0.25) is 0 Å². The Morgan fingerprint density at radius 2 is 2.05 bits per heavy atom. The lowest BCUT2D eigenvalue weighted by atomic mass is 9.90. The first-order valence-corrected chi connectivity index (χ1v) is 7.12. The lowest BCUT2D eigenvalue weighted by molar-refractivity contribution is 0.0913. The molecule has 1 N–H and O–H groups in total. The van der Waals surface area contributed by atoms with E-state index in [4.69, 9.17) is 0 Å². The molecule has 1 aliphatic rings. The minimum absolute atomic E-state index is 0.0494. The molecule has 1 amide bonds. The fourth-order valence-corrected chi connectivity index (χ4v) is 2.63. The number of hydrogen-bond acceptors (Lipinski definition) is 2. The van der Waals surface area contributed by atoms with Crippen molar-refractivity contribution in [2.45, 2.75) is 39.5 Å². The zero-order valence-corrected chi connectivity index (χ0v) is 11.7. The third kappa shape index (κ3) is 2.86. The highest BCUT2D eigenvalue weighted by Crippen LogP contribution is 2.21. The molecule has 0 spiro atoms. The molecule has 0 aliphatic carbocycles. The van der Waals surface area contributed by atoms with Gasteiger partial charge in [0.15, 0.2) is 5.78 Å². The molecule has 1 aliphatic heterocycles. The second-order valence-corrected chi connectivity index (χ2v) is 5.11. The van der Waals surface area contributed by atoms with Gasteiger partial charge in [0.1, 0.15) is 0 Å². The molecule has 1 aromatic carbocycles. The van der Waals surface area contributed by atoms with Crippen LogP contribution in [-0.2, 0) is 6.42 Å². The molecular formula is C16H21NO2. The van der Waals surface area contributed by atoms with Gasteiger partial charge in [0.25, 0.3) is 5.91 Å². The maximum atomic E-state index is 12.4. The van der Waals surface area contributed by atoms with Gasteiger partial charge in [0.05, 0.1) is 0 Å². The van der Waals surface area contributed by atoms with E-state index in [1.54, 1.807) is 6.07 Å². The van der Waals surface area contributed by atoms with E-state index < -0.39 is 0 Å². The Balaban J connectivity index is 2.34. The van der Waals surface area contributed by atoms with Crippen molar-refractivity contribution in [2.24, 2.45) is 5.92 Å². The van der Waals surface area contributed by atoms with Crippen molar-refractivity contribution in [3.63, 3.8) is 0 Å². The van der Waals surface area contributed by atoms with Crippen molar-refractivity contribution in [3.8, 4) is 0 Å². The highest BCUT2D eigenvalue weighted by atomic mass is 16.1. The number of ketones is 1. The second-order valence-electron chi connectivity index (χ2n) is 5.11. The first kappa shape index (κ1) is 13.8. The third-order valence-corrected chi connectivity index (χ3v) is 3.90. The van der Waals surface area contributed by atoms with Crippen LogP contribution >= 0.6 is 0 Å². The molecular weight excluding hydrogens is 238 g/mol. The van der Waals surface area contributed by atoms with Crippen LogP contribution in [0.15, 0.2) is 18.2 Å². The number of carbonyl (C=O) groups excluding carboxylic acids is 2. The molecule has 0 saturated heterocycles. The second kappa shape index (κ2) is 6.00. The van der Waals surface area contributed by atoms with Gasteiger partial charge in [-0.15, -0.1) is 0 Å². The molecule has 0 radical (unpaired) electrons. The van der Waals surface area contributed by atoms with Crippen LogP contribution in [0.4, 0.5) is 0 Å². The summed E-state index contributed by atoms with van der Waals surface area (Å²) in [6.45, 7) is 4.77. The van der Waals surface area contributed by atoms with Crippen LogP contribution in [0.25, 0.3) is 0 Å². The average molecular weight is 259 g/mol. The maximum Gasteiger partial charge on any atom is 0.251 e. The summed E-state index contributed by atoms with van der Waals surface area (Å²) in [6.07, 6.45) is 3.54. The topological polar surface area (TPSA) is 46.2 Å². The van der Waals surface area contributed by atoms with Gasteiger partial charge in [-0.1, -0.05) is 26.0 Å². The van der Waals surface area contributed by atoms with E-state index in [1.807, 2.05) is 26.0 Å². The molecule has 3 heteroatoms. The van der Waals surface area contributed by atoms with E-state index in [1.165, 1.54) is 0 Å². The standard InChI is InChI=1S/C16H21NO2/c1-3-11(4-2)15(18)13-8-7-12-6-5-9-17-16(19)14(12)10-13/h7-8,10-11H,3-6,9H2,1-2H3,(H,17,19). The summed E-state index contributed by atoms with van der Waals surface area (Å²) in [4.78, 5) is 24.3. The molecule has 1 aromatic rings. The van der Waals surface area contributed by atoms with Crippen LogP contribution in [0.5, 0.6) is 0 Å². The molecule has 0 unspecified atom stereocenters. The predicted octanol–water partition coefficient (Wildman–Crippen LogP) is 2.98. The summed E-state index contributed by atoms with van der Waals surface area (Å²) in [5, 5.41) is 2.87. The summed E-state index contributed by atoms with van der Waals surface area (Å²) < 4.78 is 0. The Kier molecular flexibility index (Phi) is 4.35. The summed E-state index contributed by atoms with van der Waals surface area (Å²) >= 11 is 0. The molecule has 2 rings (SSSR count). The van der Waals surface area contributed by atoms with Crippen molar-refractivity contribution in [1.29, 1.82) is 0 Å². The molecule has 0 fully saturated rings. The number of aryl methyl sites for hydroxylation is 1. The monoisotopic (exact) mass is 259 g/mol. The molecule has 0 saturated carbocycles. The van der Waals surface area contributed by atoms with E-state index in [-0.39, 0.29) is 17.6 Å². The van der Waals surface area contributed by atoms with Gasteiger partial charge in [-0.25, -0.2) is 0 Å². The predicted molar refractivity (Wildman–Crippen MR) is 75.5 cm³/mol. The quantitative estimate of drug-likeness (QED) is 0.845. The number of rotatable bonds is 4. The fourth-order valence-electron chi connectivity index (χ4n) is 2.63. The first-order chi connectivity index (χ1) is 9.17. The van der Waals surface area contributed by atoms with E-state index in [9.17, 15) is 9.59 Å². The molecule has 102 valence electrons. The first-order valence-electron chi connectivity index (χ1n) is 7.12. The maximum absolute atomic E-state index is 12.4. The van der Waals surface area contributed by atoms with Crippen molar-refractivity contribution >= 4 is 11.7 Å². The van der Waals surface area contributed by atoms with Gasteiger partial charge in [-0.2, -0.15) is 0 Å². The number of benzene rings is 1. The minimum Gasteiger partial charge on any atom is -0.352 e. The highest BCUT2D eigenvalue weighted by Gasteiger charge is 2.20. The van der Waals surface area contributed by atoms with Crippen molar-refractivity contribution in [1.82, 2.24) is 5.32 Å². The minimum atomic E-state index is -0.0494. The van der Waals surface area contributed by atoms with Crippen molar-refractivity contribution in [2.75, 3.05) is 6.54 Å². The number of hydrogen-bond donors (Lipinski definition) is 1. The van der Waals surface area contributed by atoms with Gasteiger partial charge in [-0.05, 0) is 37.3 Å². The molecule has 0 aromatic heterocycles. The lowest BCUT2D eigenvalue weighted by Crippen LogP contribution is -2.23. The van der Waals surface area contributed by atoms with Gasteiger partial charge in [0.2, 0.25) is 0 Å². The van der Waals surface area contributed by atoms with Gasteiger partial charge in [0, 0.05) is 23.6 Å². The molecule has 0 bridgehead atoms. The Labute approximate surface area is 114 Å². The van der Waals surface area contributed by atoms with Crippen LogP contribution < -0.4 is 5.32 Å². The Hall–Kier alpha value is -1.64.